The molecule has 26 heavy (non-hydrogen) atoms. The van der Waals surface area contributed by atoms with Crippen molar-refractivity contribution in [3.63, 3.8) is 0 Å². The molecule has 2 atom stereocenters. The van der Waals surface area contributed by atoms with Crippen LogP contribution in [0.15, 0.2) is 58.0 Å². The Morgan fingerprint density at radius 3 is 2.62 bits per heavy atom. The average Bonchev–Trinajstić information content (AvgIpc) is 2.96. The molecule has 1 aliphatic rings. The van der Waals surface area contributed by atoms with Crippen molar-refractivity contribution in [2.45, 2.75) is 18.7 Å². The maximum absolute atomic E-state index is 12.6. The van der Waals surface area contributed by atoms with Crippen LogP contribution in [-0.4, -0.2) is 43.8 Å². The summed E-state index contributed by atoms with van der Waals surface area (Å²) in [4.78, 5) is 41.2. The standard InChI is InChI=1S/C17H17N3O6/c21-8-13-14(22)6-12(11-7-18-16(24)19-15(11)23)20(13)17(25)26-9-10-4-2-1-3-5-10/h1-7,12-13,21-22H,8-9H2,(H2,18,19,23,24)/t12-,13-/m1/s1. The van der Waals surface area contributed by atoms with Gasteiger partial charge in [-0.25, -0.2) is 9.59 Å². The van der Waals surface area contributed by atoms with Crippen LogP contribution in [0.3, 0.4) is 0 Å². The number of rotatable bonds is 4. The molecule has 1 amide bonds. The summed E-state index contributed by atoms with van der Waals surface area (Å²) in [6.07, 6.45) is 1.60. The van der Waals surface area contributed by atoms with Crippen LogP contribution in [0.1, 0.15) is 17.2 Å². The summed E-state index contributed by atoms with van der Waals surface area (Å²) in [7, 11) is 0. The van der Waals surface area contributed by atoms with Gasteiger partial charge in [0.1, 0.15) is 18.4 Å². The lowest BCUT2D eigenvalue weighted by atomic mass is 10.1. The number of aliphatic hydroxyl groups excluding tert-OH is 2. The summed E-state index contributed by atoms with van der Waals surface area (Å²) in [6.45, 7) is -0.565. The van der Waals surface area contributed by atoms with E-state index in [9.17, 15) is 24.6 Å². The first-order chi connectivity index (χ1) is 12.5. The molecule has 0 saturated carbocycles. The van der Waals surface area contributed by atoms with E-state index in [-0.39, 0.29) is 17.9 Å². The summed E-state index contributed by atoms with van der Waals surface area (Å²) in [5.41, 5.74) is -0.607. The number of benzene rings is 1. The Morgan fingerprint density at radius 1 is 1.23 bits per heavy atom. The molecule has 0 unspecified atom stereocenters. The topological polar surface area (TPSA) is 136 Å². The van der Waals surface area contributed by atoms with Crippen LogP contribution in [0.4, 0.5) is 4.79 Å². The number of amides is 1. The average molecular weight is 359 g/mol. The molecule has 2 heterocycles. The van der Waals surface area contributed by atoms with Gasteiger partial charge in [0.2, 0.25) is 0 Å². The van der Waals surface area contributed by atoms with Gasteiger partial charge in [-0.1, -0.05) is 30.3 Å². The maximum Gasteiger partial charge on any atom is 0.411 e. The van der Waals surface area contributed by atoms with Crippen molar-refractivity contribution in [3.05, 3.63) is 80.3 Å². The van der Waals surface area contributed by atoms with Crippen molar-refractivity contribution >= 4 is 6.09 Å². The van der Waals surface area contributed by atoms with E-state index >= 15 is 0 Å². The Morgan fingerprint density at radius 2 is 1.96 bits per heavy atom. The Kier molecular flexibility index (Phi) is 4.90. The molecule has 0 fully saturated rings. The number of carbonyl (C=O) groups excluding carboxylic acids is 1. The number of nitrogens with zero attached hydrogens (tertiary/aromatic N) is 1. The van der Waals surface area contributed by atoms with Crippen molar-refractivity contribution in [2.24, 2.45) is 0 Å². The van der Waals surface area contributed by atoms with Gasteiger partial charge in [-0.15, -0.1) is 0 Å². The molecule has 9 nitrogen and oxygen atoms in total. The molecule has 0 bridgehead atoms. The van der Waals surface area contributed by atoms with Gasteiger partial charge < -0.3 is 19.9 Å². The molecule has 0 saturated heterocycles. The molecule has 1 aliphatic heterocycles. The SMILES string of the molecule is O=C(OCc1ccccc1)N1[C@H](CO)C(O)=C[C@@H]1c1c[nH]c(=O)[nH]c1=O. The third-order valence-corrected chi connectivity index (χ3v) is 4.06. The van der Waals surface area contributed by atoms with E-state index in [1.54, 1.807) is 24.3 Å². The summed E-state index contributed by atoms with van der Waals surface area (Å²) < 4.78 is 5.26. The fraction of sp³-hybridized carbons (Fsp3) is 0.235. The van der Waals surface area contributed by atoms with Gasteiger partial charge in [0.15, 0.2) is 0 Å². The van der Waals surface area contributed by atoms with Crippen molar-refractivity contribution in [2.75, 3.05) is 6.61 Å². The molecule has 136 valence electrons. The predicted molar refractivity (Wildman–Crippen MR) is 90.5 cm³/mol. The summed E-state index contributed by atoms with van der Waals surface area (Å²) in [5, 5.41) is 19.6. The highest BCUT2D eigenvalue weighted by atomic mass is 16.6. The van der Waals surface area contributed by atoms with Gasteiger partial charge in [-0.3, -0.25) is 14.7 Å². The summed E-state index contributed by atoms with van der Waals surface area (Å²) in [6, 6.07) is 6.94. The van der Waals surface area contributed by atoms with Crippen LogP contribution in [0, 0.1) is 0 Å². The minimum absolute atomic E-state index is 0.0101. The summed E-state index contributed by atoms with van der Waals surface area (Å²) >= 11 is 0. The quantitative estimate of drug-likeness (QED) is 0.630. The number of aromatic amines is 2. The Bertz CT molecular complexity index is 933. The molecular formula is C17H17N3O6. The smallest absolute Gasteiger partial charge is 0.411 e. The third kappa shape index (κ3) is 3.38. The third-order valence-electron chi connectivity index (χ3n) is 4.06. The summed E-state index contributed by atoms with van der Waals surface area (Å²) in [5.74, 6) is -0.264. The highest BCUT2D eigenvalue weighted by molar-refractivity contribution is 5.70. The number of hydrogen-bond acceptors (Lipinski definition) is 6. The Labute approximate surface area is 147 Å². The van der Waals surface area contributed by atoms with Crippen molar-refractivity contribution in [3.8, 4) is 0 Å². The van der Waals surface area contributed by atoms with Crippen LogP contribution >= 0.6 is 0 Å². The van der Waals surface area contributed by atoms with E-state index in [0.29, 0.717) is 0 Å². The normalized spacial score (nSPS) is 19.3. The van der Waals surface area contributed by atoms with Crippen LogP contribution < -0.4 is 11.2 Å². The molecule has 1 aromatic heterocycles. The number of H-pyrrole nitrogens is 2. The number of aromatic nitrogens is 2. The second-order valence-corrected chi connectivity index (χ2v) is 5.71. The molecule has 0 aliphatic carbocycles. The molecule has 1 aromatic carbocycles. The molecule has 9 heteroatoms. The van der Waals surface area contributed by atoms with E-state index < -0.39 is 36.0 Å². The van der Waals surface area contributed by atoms with E-state index in [0.717, 1.165) is 16.7 Å². The zero-order chi connectivity index (χ0) is 18.7. The maximum atomic E-state index is 12.6. The molecule has 0 spiro atoms. The highest BCUT2D eigenvalue weighted by Gasteiger charge is 2.40. The lowest BCUT2D eigenvalue weighted by Gasteiger charge is -2.28. The number of aliphatic hydroxyl groups is 2. The van der Waals surface area contributed by atoms with Gasteiger partial charge in [-0.2, -0.15) is 0 Å². The fourth-order valence-electron chi connectivity index (χ4n) is 2.79. The number of carbonyl (C=O) groups is 1. The number of hydrogen-bond donors (Lipinski definition) is 4. The predicted octanol–water partition coefficient (Wildman–Crippen LogP) is 0.560. The van der Waals surface area contributed by atoms with E-state index in [2.05, 4.69) is 9.97 Å². The number of ether oxygens (including phenoxy) is 1. The van der Waals surface area contributed by atoms with Crippen molar-refractivity contribution < 1.29 is 19.7 Å². The molecular weight excluding hydrogens is 342 g/mol. The number of nitrogens with one attached hydrogen (secondary N) is 2. The first-order valence-corrected chi connectivity index (χ1v) is 7.83. The molecule has 4 N–H and O–H groups in total. The van der Waals surface area contributed by atoms with Gasteiger partial charge >= 0.3 is 11.8 Å². The van der Waals surface area contributed by atoms with Crippen LogP contribution in [0.2, 0.25) is 0 Å². The second kappa shape index (κ2) is 7.28. The van der Waals surface area contributed by atoms with Crippen LogP contribution in [-0.2, 0) is 11.3 Å². The fourth-order valence-corrected chi connectivity index (χ4v) is 2.79. The van der Waals surface area contributed by atoms with Gasteiger partial charge in [0, 0.05) is 6.20 Å². The largest absolute Gasteiger partial charge is 0.510 e. The lowest BCUT2D eigenvalue weighted by Crippen LogP contribution is -2.43. The van der Waals surface area contributed by atoms with E-state index in [1.165, 1.54) is 6.08 Å². The molecule has 2 aromatic rings. The van der Waals surface area contributed by atoms with Crippen molar-refractivity contribution in [1.29, 1.82) is 0 Å². The van der Waals surface area contributed by atoms with Gasteiger partial charge in [-0.05, 0) is 11.6 Å². The highest BCUT2D eigenvalue weighted by Crippen LogP contribution is 2.32. The van der Waals surface area contributed by atoms with Crippen molar-refractivity contribution in [1.82, 2.24) is 14.9 Å². The van der Waals surface area contributed by atoms with Crippen LogP contribution in [0.5, 0.6) is 0 Å². The molecule has 3 rings (SSSR count). The Balaban J connectivity index is 1.87. The zero-order valence-corrected chi connectivity index (χ0v) is 13.6. The van der Waals surface area contributed by atoms with Crippen LogP contribution in [0.25, 0.3) is 0 Å². The first-order valence-electron chi connectivity index (χ1n) is 7.83. The Hall–Kier alpha value is -3.33. The minimum Gasteiger partial charge on any atom is -0.510 e. The first kappa shape index (κ1) is 17.5. The lowest BCUT2D eigenvalue weighted by molar-refractivity contribution is 0.0611. The minimum atomic E-state index is -1.05. The second-order valence-electron chi connectivity index (χ2n) is 5.71. The zero-order valence-electron chi connectivity index (χ0n) is 13.6. The van der Waals surface area contributed by atoms with E-state index in [4.69, 9.17) is 4.74 Å². The van der Waals surface area contributed by atoms with E-state index in [1.807, 2.05) is 6.07 Å². The monoisotopic (exact) mass is 359 g/mol. The van der Waals surface area contributed by atoms with Gasteiger partial charge in [0.05, 0.1) is 18.2 Å². The molecule has 0 radical (unpaired) electrons. The van der Waals surface area contributed by atoms with Gasteiger partial charge in [0.25, 0.3) is 5.56 Å².